The molecule has 20 heavy (non-hydrogen) atoms. The van der Waals surface area contributed by atoms with Crippen LogP contribution in [0.25, 0.3) is 21.9 Å². The lowest BCUT2D eigenvalue weighted by atomic mass is 9.94. The molecule has 0 heterocycles. The second-order valence-corrected chi connectivity index (χ2v) is 5.23. The molecule has 0 radical (unpaired) electrons. The topological polar surface area (TPSA) is 40.5 Å². The van der Waals surface area contributed by atoms with Crippen LogP contribution in [0.15, 0.2) is 60.7 Å². The Morgan fingerprint density at radius 1 is 0.700 bits per heavy atom. The van der Waals surface area contributed by atoms with E-state index < -0.39 is 12.2 Å². The van der Waals surface area contributed by atoms with E-state index in [1.54, 1.807) is 0 Å². The van der Waals surface area contributed by atoms with Crippen molar-refractivity contribution in [2.45, 2.75) is 12.2 Å². The van der Waals surface area contributed by atoms with Crippen LogP contribution in [0.5, 0.6) is 0 Å². The average Bonchev–Trinajstić information content (AvgIpc) is 2.76. The third-order valence-corrected chi connectivity index (χ3v) is 4.12. The number of benzene rings is 3. The quantitative estimate of drug-likeness (QED) is 0.703. The van der Waals surface area contributed by atoms with E-state index >= 15 is 0 Å². The van der Waals surface area contributed by atoms with Gasteiger partial charge in [-0.1, -0.05) is 60.7 Å². The normalized spacial score (nSPS) is 20.5. The minimum atomic E-state index is -0.855. The molecule has 2 nitrogen and oxygen atoms in total. The number of hydrogen-bond acceptors (Lipinski definition) is 2. The summed E-state index contributed by atoms with van der Waals surface area (Å²) in [4.78, 5) is 0. The number of aliphatic hydroxyl groups is 2. The molecule has 0 unspecified atom stereocenters. The molecule has 0 fully saturated rings. The van der Waals surface area contributed by atoms with Gasteiger partial charge in [-0.2, -0.15) is 0 Å². The molecule has 2 heteroatoms. The van der Waals surface area contributed by atoms with E-state index in [-0.39, 0.29) is 0 Å². The Labute approximate surface area is 116 Å². The molecule has 0 spiro atoms. The summed E-state index contributed by atoms with van der Waals surface area (Å²) in [5.74, 6) is 0. The van der Waals surface area contributed by atoms with Crippen LogP contribution >= 0.6 is 0 Å². The van der Waals surface area contributed by atoms with Crippen LogP contribution in [0.4, 0.5) is 0 Å². The van der Waals surface area contributed by atoms with Gasteiger partial charge in [-0.25, -0.2) is 0 Å². The first-order valence-electron chi connectivity index (χ1n) is 6.74. The van der Waals surface area contributed by atoms with Gasteiger partial charge >= 0.3 is 0 Å². The van der Waals surface area contributed by atoms with Crippen molar-refractivity contribution in [3.05, 3.63) is 71.8 Å². The first-order valence-corrected chi connectivity index (χ1v) is 6.74. The molecular weight excluding hydrogens is 248 g/mol. The van der Waals surface area contributed by atoms with Crippen molar-refractivity contribution in [1.82, 2.24) is 0 Å². The Morgan fingerprint density at radius 3 is 2.30 bits per heavy atom. The number of rotatable bonds is 1. The van der Waals surface area contributed by atoms with E-state index in [2.05, 4.69) is 6.07 Å². The lowest BCUT2D eigenvalue weighted by molar-refractivity contribution is 0.0256. The van der Waals surface area contributed by atoms with E-state index in [0.29, 0.717) is 0 Å². The maximum Gasteiger partial charge on any atom is 0.110 e. The molecular formula is C18H14O2. The molecule has 0 aromatic heterocycles. The highest BCUT2D eigenvalue weighted by atomic mass is 16.3. The van der Waals surface area contributed by atoms with E-state index in [1.807, 2.05) is 54.6 Å². The van der Waals surface area contributed by atoms with Gasteiger partial charge in [0.2, 0.25) is 0 Å². The van der Waals surface area contributed by atoms with Crippen molar-refractivity contribution in [1.29, 1.82) is 0 Å². The van der Waals surface area contributed by atoms with Crippen LogP contribution < -0.4 is 0 Å². The van der Waals surface area contributed by atoms with Crippen LogP contribution in [0.3, 0.4) is 0 Å². The van der Waals surface area contributed by atoms with Crippen molar-refractivity contribution in [2.24, 2.45) is 0 Å². The minimum Gasteiger partial charge on any atom is -0.385 e. The van der Waals surface area contributed by atoms with E-state index in [0.717, 1.165) is 33.0 Å². The van der Waals surface area contributed by atoms with Crippen LogP contribution in [0, 0.1) is 0 Å². The highest BCUT2D eigenvalue weighted by Crippen LogP contribution is 2.47. The van der Waals surface area contributed by atoms with Gasteiger partial charge in [-0.15, -0.1) is 0 Å². The second kappa shape index (κ2) is 4.17. The summed E-state index contributed by atoms with van der Waals surface area (Å²) in [6.45, 7) is 0. The Kier molecular flexibility index (Phi) is 2.43. The zero-order valence-corrected chi connectivity index (χ0v) is 10.8. The first-order chi connectivity index (χ1) is 9.77. The molecule has 4 rings (SSSR count). The Hall–Kier alpha value is -2.16. The van der Waals surface area contributed by atoms with Crippen molar-refractivity contribution in [3.63, 3.8) is 0 Å². The molecule has 0 aliphatic heterocycles. The fourth-order valence-corrected chi connectivity index (χ4v) is 3.19. The highest BCUT2D eigenvalue weighted by molar-refractivity contribution is 5.97. The molecule has 2 atom stereocenters. The Balaban J connectivity index is 2.10. The molecule has 0 bridgehead atoms. The monoisotopic (exact) mass is 262 g/mol. The van der Waals surface area contributed by atoms with Crippen molar-refractivity contribution >= 4 is 10.8 Å². The van der Waals surface area contributed by atoms with Crippen molar-refractivity contribution in [3.8, 4) is 11.1 Å². The molecule has 3 aromatic carbocycles. The van der Waals surface area contributed by atoms with Gasteiger partial charge in [0.1, 0.15) is 12.2 Å². The summed E-state index contributed by atoms with van der Waals surface area (Å²) in [5.41, 5.74) is 3.72. The highest BCUT2D eigenvalue weighted by Gasteiger charge is 2.33. The summed E-state index contributed by atoms with van der Waals surface area (Å²) in [7, 11) is 0. The summed E-state index contributed by atoms with van der Waals surface area (Å²) in [5, 5.41) is 22.7. The predicted molar refractivity (Wildman–Crippen MR) is 79.3 cm³/mol. The van der Waals surface area contributed by atoms with Crippen molar-refractivity contribution < 1.29 is 10.2 Å². The molecule has 3 aromatic rings. The van der Waals surface area contributed by atoms with Gasteiger partial charge in [0.25, 0.3) is 0 Å². The van der Waals surface area contributed by atoms with Crippen LogP contribution in [0.2, 0.25) is 0 Å². The van der Waals surface area contributed by atoms with Gasteiger partial charge in [-0.05, 0) is 33.0 Å². The zero-order valence-electron chi connectivity index (χ0n) is 10.8. The standard InChI is InChI=1S/C18H14O2/c19-17-14-8-4-7-12-9-10-13(11-5-2-1-3-6-11)16(15(12)14)18(17)20/h1-10,17-20H/t17-,18-/m1/s1. The summed E-state index contributed by atoms with van der Waals surface area (Å²) < 4.78 is 0. The smallest absolute Gasteiger partial charge is 0.110 e. The average molecular weight is 262 g/mol. The summed E-state index contributed by atoms with van der Waals surface area (Å²) in [6.07, 6.45) is -1.69. The van der Waals surface area contributed by atoms with Gasteiger partial charge < -0.3 is 10.2 Å². The fourth-order valence-electron chi connectivity index (χ4n) is 3.19. The second-order valence-electron chi connectivity index (χ2n) is 5.23. The SMILES string of the molecule is O[C@@H]1c2cccc3ccc(-c4ccccc4)c(c23)[C@H]1O. The van der Waals surface area contributed by atoms with E-state index in [1.165, 1.54) is 0 Å². The Bertz CT molecular complexity index is 793. The van der Waals surface area contributed by atoms with Crippen LogP contribution in [-0.2, 0) is 0 Å². The molecule has 98 valence electrons. The third-order valence-electron chi connectivity index (χ3n) is 4.12. The lowest BCUT2D eigenvalue weighted by Gasteiger charge is -2.13. The lowest BCUT2D eigenvalue weighted by Crippen LogP contribution is -2.03. The third kappa shape index (κ3) is 1.46. The van der Waals surface area contributed by atoms with Gasteiger partial charge in [-0.3, -0.25) is 0 Å². The van der Waals surface area contributed by atoms with Gasteiger partial charge in [0.15, 0.2) is 0 Å². The van der Waals surface area contributed by atoms with Gasteiger partial charge in [0.05, 0.1) is 0 Å². The largest absolute Gasteiger partial charge is 0.385 e. The molecule has 0 saturated carbocycles. The molecule has 1 aliphatic rings. The fraction of sp³-hybridized carbons (Fsp3) is 0.111. The predicted octanol–water partition coefficient (Wildman–Crippen LogP) is 3.59. The summed E-state index contributed by atoms with van der Waals surface area (Å²) >= 11 is 0. The maximum atomic E-state index is 10.4. The Morgan fingerprint density at radius 2 is 1.50 bits per heavy atom. The minimum absolute atomic E-state index is 0.822. The maximum absolute atomic E-state index is 10.4. The first kappa shape index (κ1) is 11.6. The van der Waals surface area contributed by atoms with E-state index in [4.69, 9.17) is 0 Å². The zero-order chi connectivity index (χ0) is 13.7. The van der Waals surface area contributed by atoms with Gasteiger partial charge in [0, 0.05) is 0 Å². The van der Waals surface area contributed by atoms with Crippen LogP contribution in [0.1, 0.15) is 23.3 Å². The number of aliphatic hydroxyl groups excluding tert-OH is 2. The van der Waals surface area contributed by atoms with Crippen LogP contribution in [-0.4, -0.2) is 10.2 Å². The van der Waals surface area contributed by atoms with E-state index in [9.17, 15) is 10.2 Å². The molecule has 2 N–H and O–H groups in total. The molecule has 0 saturated heterocycles. The molecule has 0 amide bonds. The summed E-state index contributed by atoms with van der Waals surface area (Å²) in [6, 6.07) is 19.9. The van der Waals surface area contributed by atoms with Crippen molar-refractivity contribution in [2.75, 3.05) is 0 Å². The molecule has 1 aliphatic carbocycles. The number of hydrogen-bond donors (Lipinski definition) is 2.